The van der Waals surface area contributed by atoms with E-state index in [0.717, 1.165) is 0 Å². The highest BCUT2D eigenvalue weighted by molar-refractivity contribution is 4.78. The second-order valence-corrected chi connectivity index (χ2v) is 3.37. The summed E-state index contributed by atoms with van der Waals surface area (Å²) in [6.45, 7) is 4.28. The number of aliphatic hydroxyl groups is 2. The maximum atomic E-state index is 8.86. The molecule has 1 fully saturated rings. The molecule has 3 heteroatoms. The van der Waals surface area contributed by atoms with Gasteiger partial charge < -0.3 is 14.9 Å². The fourth-order valence-electron chi connectivity index (χ4n) is 1.04. The standard InChI is InChI=1S/C6H12O3/c1-5(2)3-6(7,8)9-4-5/h7-8H,3-4H2,1-2H3. The maximum absolute atomic E-state index is 8.86. The van der Waals surface area contributed by atoms with E-state index in [-0.39, 0.29) is 5.41 Å². The second kappa shape index (κ2) is 1.68. The summed E-state index contributed by atoms with van der Waals surface area (Å²) in [7, 11) is 0. The summed E-state index contributed by atoms with van der Waals surface area (Å²) in [6.07, 6.45) is 0.292. The van der Waals surface area contributed by atoms with Crippen molar-refractivity contribution in [2.24, 2.45) is 5.41 Å². The molecular weight excluding hydrogens is 120 g/mol. The van der Waals surface area contributed by atoms with E-state index in [1.54, 1.807) is 0 Å². The SMILES string of the molecule is CC1(C)COC(O)(O)C1. The van der Waals surface area contributed by atoms with Gasteiger partial charge in [0, 0.05) is 6.42 Å². The van der Waals surface area contributed by atoms with Gasteiger partial charge in [-0.05, 0) is 5.41 Å². The Morgan fingerprint density at radius 2 is 1.89 bits per heavy atom. The molecule has 0 saturated carbocycles. The highest BCUT2D eigenvalue weighted by atomic mass is 16.8. The molecule has 0 aromatic rings. The Kier molecular flexibility index (Phi) is 1.31. The number of hydrogen-bond acceptors (Lipinski definition) is 3. The molecule has 9 heavy (non-hydrogen) atoms. The van der Waals surface area contributed by atoms with Crippen LogP contribution in [0.5, 0.6) is 0 Å². The molecule has 0 bridgehead atoms. The van der Waals surface area contributed by atoms with Crippen LogP contribution in [0.1, 0.15) is 20.3 Å². The molecule has 1 heterocycles. The van der Waals surface area contributed by atoms with Gasteiger partial charge in [-0.25, -0.2) is 0 Å². The average Bonchev–Trinajstić information content (AvgIpc) is 1.78. The summed E-state index contributed by atoms with van der Waals surface area (Å²) in [6, 6.07) is 0. The Morgan fingerprint density at radius 1 is 1.33 bits per heavy atom. The monoisotopic (exact) mass is 132 g/mol. The first-order chi connectivity index (χ1) is 3.91. The van der Waals surface area contributed by atoms with Crippen molar-refractivity contribution in [1.29, 1.82) is 0 Å². The molecule has 54 valence electrons. The second-order valence-electron chi connectivity index (χ2n) is 3.37. The van der Waals surface area contributed by atoms with Gasteiger partial charge >= 0.3 is 0 Å². The molecule has 0 aromatic carbocycles. The fourth-order valence-corrected chi connectivity index (χ4v) is 1.04. The zero-order valence-electron chi connectivity index (χ0n) is 5.72. The minimum Gasteiger partial charge on any atom is -0.343 e. The minimum absolute atomic E-state index is 0.0938. The average molecular weight is 132 g/mol. The zero-order valence-corrected chi connectivity index (χ0v) is 5.72. The summed E-state index contributed by atoms with van der Waals surface area (Å²) >= 11 is 0. The Hall–Kier alpha value is -0.120. The molecule has 3 nitrogen and oxygen atoms in total. The third-order valence-electron chi connectivity index (χ3n) is 1.40. The highest BCUT2D eigenvalue weighted by Gasteiger charge is 2.41. The van der Waals surface area contributed by atoms with Crippen LogP contribution in [0, 0.1) is 5.41 Å². The Bertz CT molecular complexity index is 103. The lowest BCUT2D eigenvalue weighted by Gasteiger charge is -2.15. The van der Waals surface area contributed by atoms with Crippen LogP contribution in [-0.4, -0.2) is 22.8 Å². The van der Waals surface area contributed by atoms with Gasteiger partial charge in [-0.3, -0.25) is 0 Å². The predicted octanol–water partition coefficient (Wildman–Crippen LogP) is 0.0713. The first kappa shape index (κ1) is 6.99. The highest BCUT2D eigenvalue weighted by Crippen LogP contribution is 2.35. The predicted molar refractivity (Wildman–Crippen MR) is 31.5 cm³/mol. The first-order valence-electron chi connectivity index (χ1n) is 3.00. The molecule has 0 unspecified atom stereocenters. The van der Waals surface area contributed by atoms with Gasteiger partial charge in [0.15, 0.2) is 0 Å². The molecule has 1 rings (SSSR count). The van der Waals surface area contributed by atoms with Crippen molar-refractivity contribution in [3.05, 3.63) is 0 Å². The molecule has 2 N–H and O–H groups in total. The lowest BCUT2D eigenvalue weighted by atomic mass is 9.92. The van der Waals surface area contributed by atoms with Crippen LogP contribution in [0.2, 0.25) is 0 Å². The van der Waals surface area contributed by atoms with Crippen LogP contribution in [0.4, 0.5) is 0 Å². The molecule has 0 aliphatic carbocycles. The third kappa shape index (κ3) is 1.64. The van der Waals surface area contributed by atoms with Crippen LogP contribution in [-0.2, 0) is 4.74 Å². The van der Waals surface area contributed by atoms with Crippen LogP contribution in [0.3, 0.4) is 0 Å². The lowest BCUT2D eigenvalue weighted by Crippen LogP contribution is -2.26. The van der Waals surface area contributed by atoms with Crippen molar-refractivity contribution >= 4 is 0 Å². The van der Waals surface area contributed by atoms with E-state index in [9.17, 15) is 0 Å². The molecule has 0 radical (unpaired) electrons. The Labute approximate surface area is 54.3 Å². The number of hydrogen-bond donors (Lipinski definition) is 2. The first-order valence-corrected chi connectivity index (χ1v) is 3.00. The molecule has 0 atom stereocenters. The minimum atomic E-state index is -1.87. The van der Waals surface area contributed by atoms with Crippen molar-refractivity contribution in [3.63, 3.8) is 0 Å². The zero-order chi connectivity index (χ0) is 7.12. The molecular formula is C6H12O3. The van der Waals surface area contributed by atoms with E-state index in [0.29, 0.717) is 13.0 Å². The summed E-state index contributed by atoms with van der Waals surface area (Å²) in [4.78, 5) is 0. The van der Waals surface area contributed by atoms with Crippen molar-refractivity contribution in [1.82, 2.24) is 0 Å². The van der Waals surface area contributed by atoms with Gasteiger partial charge in [0.05, 0.1) is 6.61 Å². The number of rotatable bonds is 0. The van der Waals surface area contributed by atoms with Gasteiger partial charge in [-0.2, -0.15) is 0 Å². The van der Waals surface area contributed by atoms with Crippen LogP contribution in [0.25, 0.3) is 0 Å². The fraction of sp³-hybridized carbons (Fsp3) is 1.00. The van der Waals surface area contributed by atoms with Gasteiger partial charge in [0.2, 0.25) is 0 Å². The normalized spacial score (nSPS) is 30.7. The van der Waals surface area contributed by atoms with Crippen molar-refractivity contribution in [2.45, 2.75) is 26.2 Å². The molecule has 0 amide bonds. The number of ether oxygens (including phenoxy) is 1. The lowest BCUT2D eigenvalue weighted by molar-refractivity contribution is -0.313. The van der Waals surface area contributed by atoms with Crippen molar-refractivity contribution in [3.8, 4) is 0 Å². The topological polar surface area (TPSA) is 49.7 Å². The summed E-state index contributed by atoms with van der Waals surface area (Å²) in [5, 5.41) is 17.7. The molecule has 1 saturated heterocycles. The summed E-state index contributed by atoms with van der Waals surface area (Å²) in [5.74, 6) is -1.87. The van der Waals surface area contributed by atoms with E-state index in [2.05, 4.69) is 4.74 Å². The third-order valence-corrected chi connectivity index (χ3v) is 1.40. The molecule has 1 aliphatic rings. The smallest absolute Gasteiger partial charge is 0.278 e. The van der Waals surface area contributed by atoms with E-state index in [4.69, 9.17) is 10.2 Å². The van der Waals surface area contributed by atoms with E-state index < -0.39 is 5.97 Å². The van der Waals surface area contributed by atoms with E-state index in [1.807, 2.05) is 13.8 Å². The summed E-state index contributed by atoms with van der Waals surface area (Å²) in [5.41, 5.74) is -0.0938. The van der Waals surface area contributed by atoms with E-state index in [1.165, 1.54) is 0 Å². The van der Waals surface area contributed by atoms with Crippen LogP contribution < -0.4 is 0 Å². The molecule has 1 aliphatic heterocycles. The van der Waals surface area contributed by atoms with Gasteiger partial charge in [-0.15, -0.1) is 0 Å². The van der Waals surface area contributed by atoms with Crippen molar-refractivity contribution < 1.29 is 14.9 Å². The Balaban J connectivity index is 2.58. The maximum Gasteiger partial charge on any atom is 0.278 e. The largest absolute Gasteiger partial charge is 0.343 e. The summed E-state index contributed by atoms with van der Waals surface area (Å²) < 4.78 is 4.67. The van der Waals surface area contributed by atoms with Gasteiger partial charge in [0.25, 0.3) is 5.97 Å². The van der Waals surface area contributed by atoms with Crippen LogP contribution in [0.15, 0.2) is 0 Å². The molecule has 0 spiro atoms. The molecule has 0 aromatic heterocycles. The van der Waals surface area contributed by atoms with Gasteiger partial charge in [-0.1, -0.05) is 13.8 Å². The van der Waals surface area contributed by atoms with E-state index >= 15 is 0 Å². The quantitative estimate of drug-likeness (QED) is 0.458. The van der Waals surface area contributed by atoms with Crippen molar-refractivity contribution in [2.75, 3.05) is 6.61 Å². The van der Waals surface area contributed by atoms with Crippen LogP contribution >= 0.6 is 0 Å². The van der Waals surface area contributed by atoms with Gasteiger partial charge in [0.1, 0.15) is 0 Å². The Morgan fingerprint density at radius 3 is 2.00 bits per heavy atom.